The molecule has 88 valence electrons. The Balaban J connectivity index is 3.06. The highest BCUT2D eigenvalue weighted by molar-refractivity contribution is 5.75. The second-order valence-electron chi connectivity index (χ2n) is 3.16. The van der Waals surface area contributed by atoms with E-state index in [2.05, 4.69) is 4.74 Å². The Morgan fingerprint density at radius 1 is 1.19 bits per heavy atom. The molecule has 0 atom stereocenters. The first kappa shape index (κ1) is 12.2. The number of carbonyl (C=O) groups excluding carboxylic acids is 1. The van der Waals surface area contributed by atoms with E-state index in [0.29, 0.717) is 22.7 Å². The average Bonchev–Trinajstić information content (AvgIpc) is 2.30. The molecule has 0 saturated heterocycles. The fraction of sp³-hybridized carbons (Fsp3) is 0.364. The molecule has 0 fully saturated rings. The van der Waals surface area contributed by atoms with Crippen LogP contribution in [0.25, 0.3) is 0 Å². The second-order valence-corrected chi connectivity index (χ2v) is 3.16. The Kier molecular flexibility index (Phi) is 3.99. The minimum absolute atomic E-state index is 0.114. The third-order valence-corrected chi connectivity index (χ3v) is 2.21. The number of esters is 1. The van der Waals surface area contributed by atoms with Gasteiger partial charge in [0.2, 0.25) is 0 Å². The van der Waals surface area contributed by atoms with Crippen molar-refractivity contribution in [2.45, 2.75) is 6.42 Å². The first-order chi connectivity index (χ1) is 7.62. The number of carbonyl (C=O) groups is 1. The van der Waals surface area contributed by atoms with Crippen LogP contribution in [0.5, 0.6) is 11.5 Å². The van der Waals surface area contributed by atoms with Crippen molar-refractivity contribution in [3.05, 3.63) is 17.7 Å². The number of ether oxygens (including phenoxy) is 3. The maximum absolute atomic E-state index is 11.1. The number of benzene rings is 1. The molecule has 16 heavy (non-hydrogen) atoms. The highest BCUT2D eigenvalue weighted by Gasteiger charge is 2.12. The summed E-state index contributed by atoms with van der Waals surface area (Å²) in [6, 6.07) is 3.29. The molecule has 0 bridgehead atoms. The van der Waals surface area contributed by atoms with Gasteiger partial charge in [-0.15, -0.1) is 0 Å². The molecule has 0 amide bonds. The van der Waals surface area contributed by atoms with Crippen LogP contribution >= 0.6 is 0 Å². The highest BCUT2D eigenvalue weighted by Crippen LogP contribution is 2.32. The largest absolute Gasteiger partial charge is 0.493 e. The van der Waals surface area contributed by atoms with Gasteiger partial charge in [-0.2, -0.15) is 0 Å². The lowest BCUT2D eigenvalue weighted by Crippen LogP contribution is -2.07. The van der Waals surface area contributed by atoms with Crippen molar-refractivity contribution in [2.24, 2.45) is 0 Å². The molecule has 0 spiro atoms. The first-order valence-corrected chi connectivity index (χ1v) is 4.69. The van der Waals surface area contributed by atoms with E-state index in [1.807, 2.05) is 0 Å². The van der Waals surface area contributed by atoms with Crippen LogP contribution < -0.4 is 15.2 Å². The van der Waals surface area contributed by atoms with Crippen LogP contribution in [-0.2, 0) is 16.0 Å². The van der Waals surface area contributed by atoms with Crippen LogP contribution in [0.1, 0.15) is 5.56 Å². The van der Waals surface area contributed by atoms with Crippen LogP contribution in [0, 0.1) is 0 Å². The van der Waals surface area contributed by atoms with Gasteiger partial charge >= 0.3 is 5.97 Å². The molecule has 0 aliphatic rings. The summed E-state index contributed by atoms with van der Waals surface area (Å²) in [5.41, 5.74) is 6.91. The molecule has 0 unspecified atom stereocenters. The van der Waals surface area contributed by atoms with Gasteiger partial charge in [-0.3, -0.25) is 4.79 Å². The molecule has 0 aliphatic carbocycles. The van der Waals surface area contributed by atoms with Crippen LogP contribution in [0.4, 0.5) is 5.69 Å². The SMILES string of the molecule is COC(=O)Cc1cc(OC)c(OC)cc1N. The van der Waals surface area contributed by atoms with Crippen LogP contribution in [0.2, 0.25) is 0 Å². The first-order valence-electron chi connectivity index (χ1n) is 4.69. The summed E-state index contributed by atoms with van der Waals surface area (Å²) < 4.78 is 14.8. The van der Waals surface area contributed by atoms with Crippen molar-refractivity contribution in [2.75, 3.05) is 27.1 Å². The van der Waals surface area contributed by atoms with E-state index in [4.69, 9.17) is 15.2 Å². The Labute approximate surface area is 94.1 Å². The van der Waals surface area contributed by atoms with E-state index >= 15 is 0 Å². The Morgan fingerprint density at radius 2 is 1.75 bits per heavy atom. The zero-order valence-electron chi connectivity index (χ0n) is 9.57. The third-order valence-electron chi connectivity index (χ3n) is 2.21. The van der Waals surface area contributed by atoms with E-state index in [1.165, 1.54) is 21.3 Å². The summed E-state index contributed by atoms with van der Waals surface area (Å²) in [5.74, 6) is 0.725. The molecule has 1 rings (SSSR count). The molecular formula is C11H15NO4. The van der Waals surface area contributed by atoms with Crippen molar-refractivity contribution >= 4 is 11.7 Å². The third kappa shape index (κ3) is 2.56. The Bertz CT molecular complexity index is 390. The quantitative estimate of drug-likeness (QED) is 0.611. The van der Waals surface area contributed by atoms with Gasteiger partial charge in [0.1, 0.15) is 0 Å². The molecule has 0 radical (unpaired) electrons. The van der Waals surface area contributed by atoms with E-state index in [1.54, 1.807) is 12.1 Å². The fourth-order valence-electron chi connectivity index (χ4n) is 1.32. The average molecular weight is 225 g/mol. The lowest BCUT2D eigenvalue weighted by atomic mass is 10.1. The summed E-state index contributed by atoms with van der Waals surface area (Å²) in [6.45, 7) is 0. The zero-order valence-corrected chi connectivity index (χ0v) is 9.57. The number of nitrogens with two attached hydrogens (primary N) is 1. The van der Waals surface area contributed by atoms with E-state index in [9.17, 15) is 4.79 Å². The summed E-state index contributed by atoms with van der Waals surface area (Å²) in [5, 5.41) is 0. The molecule has 0 saturated carbocycles. The molecule has 1 aromatic carbocycles. The summed E-state index contributed by atoms with van der Waals surface area (Å²) >= 11 is 0. The molecule has 2 N–H and O–H groups in total. The van der Waals surface area contributed by atoms with Gasteiger partial charge in [-0.25, -0.2) is 0 Å². The lowest BCUT2D eigenvalue weighted by Gasteiger charge is -2.11. The number of rotatable bonds is 4. The molecule has 0 aliphatic heterocycles. The number of hydrogen-bond acceptors (Lipinski definition) is 5. The number of hydrogen-bond donors (Lipinski definition) is 1. The maximum Gasteiger partial charge on any atom is 0.310 e. The summed E-state index contributed by atoms with van der Waals surface area (Å²) in [4.78, 5) is 11.1. The van der Waals surface area contributed by atoms with Crippen LogP contribution in [-0.4, -0.2) is 27.3 Å². The molecule has 5 heteroatoms. The van der Waals surface area contributed by atoms with Crippen molar-refractivity contribution in [3.63, 3.8) is 0 Å². The highest BCUT2D eigenvalue weighted by atomic mass is 16.5. The number of nitrogen functional groups attached to an aromatic ring is 1. The predicted molar refractivity (Wildman–Crippen MR) is 59.7 cm³/mol. The lowest BCUT2D eigenvalue weighted by molar-refractivity contribution is -0.139. The van der Waals surface area contributed by atoms with Crippen molar-refractivity contribution in [1.82, 2.24) is 0 Å². The topological polar surface area (TPSA) is 70.8 Å². The van der Waals surface area contributed by atoms with E-state index < -0.39 is 0 Å². The van der Waals surface area contributed by atoms with Gasteiger partial charge in [-0.05, 0) is 11.6 Å². The van der Waals surface area contributed by atoms with Gasteiger partial charge in [0.25, 0.3) is 0 Å². The van der Waals surface area contributed by atoms with Gasteiger partial charge in [0, 0.05) is 11.8 Å². The molecule has 0 heterocycles. The van der Waals surface area contributed by atoms with Crippen LogP contribution in [0.15, 0.2) is 12.1 Å². The predicted octanol–water partition coefficient (Wildman–Crippen LogP) is 1.00. The molecule has 0 aromatic heterocycles. The Hall–Kier alpha value is -1.91. The molecular weight excluding hydrogens is 210 g/mol. The van der Waals surface area contributed by atoms with Crippen molar-refractivity contribution in [1.29, 1.82) is 0 Å². The number of anilines is 1. The normalized spacial score (nSPS) is 9.69. The van der Waals surface area contributed by atoms with Gasteiger partial charge in [0.05, 0.1) is 27.8 Å². The van der Waals surface area contributed by atoms with Gasteiger partial charge in [-0.1, -0.05) is 0 Å². The minimum atomic E-state index is -0.348. The standard InChI is InChI=1S/C11H15NO4/c1-14-9-4-7(5-11(13)16-3)8(12)6-10(9)15-2/h4,6H,5,12H2,1-3H3. The van der Waals surface area contributed by atoms with E-state index in [-0.39, 0.29) is 12.4 Å². The van der Waals surface area contributed by atoms with Crippen molar-refractivity contribution < 1.29 is 19.0 Å². The minimum Gasteiger partial charge on any atom is -0.493 e. The maximum atomic E-state index is 11.1. The summed E-state index contributed by atoms with van der Waals surface area (Å²) in [7, 11) is 4.38. The molecule has 1 aromatic rings. The zero-order chi connectivity index (χ0) is 12.1. The van der Waals surface area contributed by atoms with Crippen molar-refractivity contribution in [3.8, 4) is 11.5 Å². The fourth-order valence-corrected chi connectivity index (χ4v) is 1.32. The smallest absolute Gasteiger partial charge is 0.310 e. The number of methoxy groups -OCH3 is 3. The summed E-state index contributed by atoms with van der Waals surface area (Å²) in [6.07, 6.45) is 0.114. The van der Waals surface area contributed by atoms with E-state index in [0.717, 1.165) is 0 Å². The second kappa shape index (κ2) is 5.25. The van der Waals surface area contributed by atoms with Gasteiger partial charge < -0.3 is 19.9 Å². The monoisotopic (exact) mass is 225 g/mol. The molecule has 5 nitrogen and oxygen atoms in total. The van der Waals surface area contributed by atoms with Crippen LogP contribution in [0.3, 0.4) is 0 Å². The Morgan fingerprint density at radius 3 is 2.25 bits per heavy atom. The van der Waals surface area contributed by atoms with Gasteiger partial charge in [0.15, 0.2) is 11.5 Å².